The minimum absolute atomic E-state index is 0.291. The molecule has 1 aromatic rings. The van der Waals surface area contributed by atoms with Crippen LogP contribution in [0.5, 0.6) is 0 Å². The molecule has 0 aromatic heterocycles. The maximum absolute atomic E-state index is 11.8. The Balaban J connectivity index is 2.07. The topological polar surface area (TPSA) is 41.6 Å². The minimum Gasteiger partial charge on any atom is -0.465 e. The van der Waals surface area contributed by atoms with Gasteiger partial charge >= 0.3 is 5.97 Å². The molecule has 2 unspecified atom stereocenters. The highest BCUT2D eigenvalue weighted by atomic mass is 16.5. The van der Waals surface area contributed by atoms with Gasteiger partial charge in [0.2, 0.25) is 0 Å². The second kappa shape index (κ2) is 6.75. The van der Waals surface area contributed by atoms with Gasteiger partial charge in [0.15, 0.2) is 0 Å². The first-order valence-corrected chi connectivity index (χ1v) is 7.24. The summed E-state index contributed by atoms with van der Waals surface area (Å²) in [6.45, 7) is 4.48. The summed E-state index contributed by atoms with van der Waals surface area (Å²) in [5.41, 5.74) is 1.46. The number of esters is 1. The van der Waals surface area contributed by atoms with E-state index < -0.39 is 0 Å². The van der Waals surface area contributed by atoms with Gasteiger partial charge in [0.1, 0.15) is 0 Å². The van der Waals surface area contributed by atoms with Gasteiger partial charge in [-0.15, -0.1) is 0 Å². The molecule has 0 aliphatic carbocycles. The third-order valence-corrected chi connectivity index (χ3v) is 4.08. The molecule has 2 rings (SSSR count). The second-order valence-corrected chi connectivity index (χ2v) is 5.63. The number of carbonyl (C=O) groups excluding carboxylic acids is 1. The molecule has 1 fully saturated rings. The number of nitrogens with zero attached hydrogens (tertiary/aromatic N) is 1. The number of anilines is 1. The lowest BCUT2D eigenvalue weighted by Gasteiger charge is -2.34. The standard InChI is InChI=1S/C16H24N2O2/c1-12(13-7-6-10-18(2)11-13)17-15-9-5-4-8-14(15)16(19)20-3/h4-5,8-9,12-13,17H,6-7,10-11H2,1-3H3. The Labute approximate surface area is 121 Å². The zero-order valence-electron chi connectivity index (χ0n) is 12.6. The number of para-hydroxylation sites is 1. The van der Waals surface area contributed by atoms with E-state index in [1.165, 1.54) is 26.5 Å². The first kappa shape index (κ1) is 14.9. The van der Waals surface area contributed by atoms with Crippen molar-refractivity contribution < 1.29 is 9.53 Å². The monoisotopic (exact) mass is 276 g/mol. The number of methoxy groups -OCH3 is 1. The Morgan fingerprint density at radius 3 is 2.90 bits per heavy atom. The molecule has 1 N–H and O–H groups in total. The molecule has 4 nitrogen and oxygen atoms in total. The fourth-order valence-corrected chi connectivity index (χ4v) is 2.87. The molecule has 4 heteroatoms. The molecule has 0 bridgehead atoms. The summed E-state index contributed by atoms with van der Waals surface area (Å²) in [6, 6.07) is 7.87. The summed E-state index contributed by atoms with van der Waals surface area (Å²) in [5, 5.41) is 3.49. The summed E-state index contributed by atoms with van der Waals surface area (Å²) in [7, 11) is 3.58. The van der Waals surface area contributed by atoms with Crippen molar-refractivity contribution in [2.75, 3.05) is 32.6 Å². The second-order valence-electron chi connectivity index (χ2n) is 5.63. The third-order valence-electron chi connectivity index (χ3n) is 4.08. The van der Waals surface area contributed by atoms with Gasteiger partial charge in [0, 0.05) is 18.3 Å². The molecule has 0 saturated carbocycles. The number of hydrogen-bond donors (Lipinski definition) is 1. The van der Waals surface area contributed by atoms with Crippen LogP contribution in [0, 0.1) is 5.92 Å². The fraction of sp³-hybridized carbons (Fsp3) is 0.562. The summed E-state index contributed by atoms with van der Waals surface area (Å²) < 4.78 is 4.83. The molecular weight excluding hydrogens is 252 g/mol. The highest BCUT2D eigenvalue weighted by molar-refractivity contribution is 5.95. The van der Waals surface area contributed by atoms with Gasteiger partial charge < -0.3 is 15.0 Å². The van der Waals surface area contributed by atoms with Crippen molar-refractivity contribution in [3.63, 3.8) is 0 Å². The number of nitrogens with one attached hydrogen (secondary N) is 1. The van der Waals surface area contributed by atoms with Crippen LogP contribution in [0.1, 0.15) is 30.1 Å². The van der Waals surface area contributed by atoms with Crippen molar-refractivity contribution in [3.05, 3.63) is 29.8 Å². The number of rotatable bonds is 4. The summed E-state index contributed by atoms with van der Waals surface area (Å²) >= 11 is 0. The third kappa shape index (κ3) is 3.51. The predicted octanol–water partition coefficient (Wildman–Crippen LogP) is 2.62. The van der Waals surface area contributed by atoms with Gasteiger partial charge in [-0.25, -0.2) is 4.79 Å². The molecule has 20 heavy (non-hydrogen) atoms. The van der Waals surface area contributed by atoms with Crippen LogP contribution in [0.2, 0.25) is 0 Å². The maximum Gasteiger partial charge on any atom is 0.339 e. The predicted molar refractivity (Wildman–Crippen MR) is 81.1 cm³/mol. The van der Waals surface area contributed by atoms with Crippen molar-refractivity contribution in [2.45, 2.75) is 25.8 Å². The first-order valence-electron chi connectivity index (χ1n) is 7.24. The van der Waals surface area contributed by atoms with Crippen LogP contribution < -0.4 is 5.32 Å². The van der Waals surface area contributed by atoms with Crippen LogP contribution >= 0.6 is 0 Å². The fourth-order valence-electron chi connectivity index (χ4n) is 2.87. The number of benzene rings is 1. The maximum atomic E-state index is 11.8. The van der Waals surface area contributed by atoms with Crippen LogP contribution in [0.15, 0.2) is 24.3 Å². The molecule has 1 aliphatic rings. The smallest absolute Gasteiger partial charge is 0.339 e. The van der Waals surface area contributed by atoms with Crippen molar-refractivity contribution in [3.8, 4) is 0 Å². The average molecular weight is 276 g/mol. The van der Waals surface area contributed by atoms with Gasteiger partial charge in [0.25, 0.3) is 0 Å². The van der Waals surface area contributed by atoms with Crippen molar-refractivity contribution in [1.82, 2.24) is 4.90 Å². The van der Waals surface area contributed by atoms with Crippen molar-refractivity contribution in [1.29, 1.82) is 0 Å². The van der Waals surface area contributed by atoms with Crippen LogP contribution in [0.25, 0.3) is 0 Å². The van der Waals surface area contributed by atoms with Crippen molar-refractivity contribution in [2.24, 2.45) is 5.92 Å². The largest absolute Gasteiger partial charge is 0.465 e. The lowest BCUT2D eigenvalue weighted by atomic mass is 9.91. The number of piperidine rings is 1. The summed E-state index contributed by atoms with van der Waals surface area (Å²) in [5.74, 6) is 0.320. The molecule has 0 spiro atoms. The van der Waals surface area contributed by atoms with E-state index >= 15 is 0 Å². The van der Waals surface area contributed by atoms with Gasteiger partial charge in [-0.2, -0.15) is 0 Å². The lowest BCUT2D eigenvalue weighted by molar-refractivity contribution is 0.0601. The summed E-state index contributed by atoms with van der Waals surface area (Å²) in [6.07, 6.45) is 2.48. The Kier molecular flexibility index (Phi) is 5.01. The average Bonchev–Trinajstić information content (AvgIpc) is 2.47. The van der Waals surface area contributed by atoms with Crippen LogP contribution in [-0.4, -0.2) is 44.2 Å². The van der Waals surface area contributed by atoms with E-state index in [1.807, 2.05) is 18.2 Å². The molecule has 1 saturated heterocycles. The Hall–Kier alpha value is -1.55. The number of carbonyl (C=O) groups is 1. The van der Waals surface area contributed by atoms with Gasteiger partial charge in [-0.05, 0) is 51.4 Å². The number of hydrogen-bond acceptors (Lipinski definition) is 4. The quantitative estimate of drug-likeness (QED) is 0.858. The zero-order chi connectivity index (χ0) is 14.5. The van der Waals surface area contributed by atoms with Crippen LogP contribution in [0.4, 0.5) is 5.69 Å². The van der Waals surface area contributed by atoms with E-state index in [4.69, 9.17) is 4.74 Å². The molecule has 2 atom stereocenters. The Bertz CT molecular complexity index is 462. The highest BCUT2D eigenvalue weighted by Gasteiger charge is 2.23. The van der Waals surface area contributed by atoms with Crippen molar-refractivity contribution >= 4 is 11.7 Å². The molecule has 110 valence electrons. The number of ether oxygens (including phenoxy) is 1. The molecule has 0 radical (unpaired) electrons. The number of likely N-dealkylation sites (tertiary alicyclic amines) is 1. The lowest BCUT2D eigenvalue weighted by Crippen LogP contribution is -2.40. The van der Waals surface area contributed by atoms with E-state index in [1.54, 1.807) is 6.07 Å². The zero-order valence-corrected chi connectivity index (χ0v) is 12.6. The van der Waals surface area contributed by atoms with E-state index in [0.717, 1.165) is 12.2 Å². The van der Waals surface area contributed by atoms with E-state index in [2.05, 4.69) is 24.2 Å². The molecule has 1 aromatic carbocycles. The molecule has 0 amide bonds. The normalized spacial score (nSPS) is 21.2. The Morgan fingerprint density at radius 1 is 1.45 bits per heavy atom. The van der Waals surface area contributed by atoms with Gasteiger partial charge in [-0.3, -0.25) is 0 Å². The Morgan fingerprint density at radius 2 is 2.20 bits per heavy atom. The molecule has 1 heterocycles. The highest BCUT2D eigenvalue weighted by Crippen LogP contribution is 2.23. The van der Waals surface area contributed by atoms with Gasteiger partial charge in [-0.1, -0.05) is 12.1 Å². The van der Waals surface area contributed by atoms with E-state index in [9.17, 15) is 4.79 Å². The van der Waals surface area contributed by atoms with E-state index in [0.29, 0.717) is 17.5 Å². The minimum atomic E-state index is -0.291. The van der Waals surface area contributed by atoms with Crippen LogP contribution in [-0.2, 0) is 4.74 Å². The molecular formula is C16H24N2O2. The molecule has 1 aliphatic heterocycles. The van der Waals surface area contributed by atoms with E-state index in [-0.39, 0.29) is 5.97 Å². The SMILES string of the molecule is COC(=O)c1ccccc1NC(C)C1CCCN(C)C1. The van der Waals surface area contributed by atoms with Crippen LogP contribution in [0.3, 0.4) is 0 Å². The van der Waals surface area contributed by atoms with Gasteiger partial charge in [0.05, 0.1) is 12.7 Å². The summed E-state index contributed by atoms with van der Waals surface area (Å²) in [4.78, 5) is 14.1. The first-order chi connectivity index (χ1) is 9.61.